The number of para-hydroxylation sites is 1. The molecule has 2 aromatic heterocycles. The summed E-state index contributed by atoms with van der Waals surface area (Å²) in [5, 5.41) is 7.33. The second-order valence-electron chi connectivity index (χ2n) is 14.6. The summed E-state index contributed by atoms with van der Waals surface area (Å²) in [4.78, 5) is 8.85. The number of thiophene rings is 1. The Labute approximate surface area is 335 Å². The normalized spacial score (nSPS) is 14.5. The molecule has 0 saturated carbocycles. The van der Waals surface area contributed by atoms with Crippen LogP contribution in [0.2, 0.25) is 0 Å². The molecule has 1 aliphatic carbocycles. The SMILES string of the molecule is C1=c2oc3c(N(c4ccccc4)c4ccc(-c5ccccc5)cc4)ccc(-c4ccc(C5=Nc6c(sc7ccccc67)C(c6ccccc6)N5)cc4)c3c2=CCC1. The van der Waals surface area contributed by atoms with E-state index in [-0.39, 0.29) is 6.04 Å². The Hall–Kier alpha value is -6.95. The van der Waals surface area contributed by atoms with Crippen LogP contribution in [0.25, 0.3) is 55.5 Å². The second kappa shape index (κ2) is 14.0. The van der Waals surface area contributed by atoms with Gasteiger partial charge in [0, 0.05) is 37.6 Å². The second-order valence-corrected chi connectivity index (χ2v) is 15.7. The van der Waals surface area contributed by atoms with Gasteiger partial charge in [0.25, 0.3) is 0 Å². The Morgan fingerprint density at radius 1 is 0.579 bits per heavy atom. The van der Waals surface area contributed by atoms with Crippen molar-refractivity contribution in [2.75, 3.05) is 4.90 Å². The van der Waals surface area contributed by atoms with E-state index in [1.165, 1.54) is 36.9 Å². The van der Waals surface area contributed by atoms with Crippen LogP contribution in [0.1, 0.15) is 34.9 Å². The van der Waals surface area contributed by atoms with Crippen LogP contribution in [0.15, 0.2) is 185 Å². The van der Waals surface area contributed by atoms with Crippen molar-refractivity contribution >= 4 is 73.1 Å². The first kappa shape index (κ1) is 33.4. The minimum absolute atomic E-state index is 0.0179. The van der Waals surface area contributed by atoms with Crippen LogP contribution < -0.4 is 20.9 Å². The van der Waals surface area contributed by atoms with Crippen LogP contribution in [0.4, 0.5) is 22.7 Å². The number of amidine groups is 1. The molecule has 0 saturated heterocycles. The van der Waals surface area contributed by atoms with Gasteiger partial charge in [-0.2, -0.15) is 0 Å². The third-order valence-electron chi connectivity index (χ3n) is 11.2. The lowest BCUT2D eigenvalue weighted by Gasteiger charge is -2.26. The highest BCUT2D eigenvalue weighted by Crippen LogP contribution is 2.46. The zero-order valence-electron chi connectivity index (χ0n) is 31.1. The number of furan rings is 1. The molecule has 1 aliphatic heterocycles. The summed E-state index contributed by atoms with van der Waals surface area (Å²) in [7, 11) is 0. The van der Waals surface area contributed by atoms with Crippen molar-refractivity contribution in [2.24, 2.45) is 4.99 Å². The molecule has 4 nitrogen and oxygen atoms in total. The molecule has 57 heavy (non-hydrogen) atoms. The summed E-state index contributed by atoms with van der Waals surface area (Å²) in [5.41, 5.74) is 13.0. The molecule has 272 valence electrons. The Morgan fingerprint density at radius 3 is 2.00 bits per heavy atom. The van der Waals surface area contributed by atoms with Gasteiger partial charge in [-0.05, 0) is 83.1 Å². The summed E-state index contributed by atoms with van der Waals surface area (Å²) < 4.78 is 8.13. The molecule has 1 N–H and O–H groups in total. The summed E-state index contributed by atoms with van der Waals surface area (Å²) in [6, 6.07) is 62.6. The van der Waals surface area contributed by atoms with Gasteiger partial charge in [0.2, 0.25) is 0 Å². The first-order chi connectivity index (χ1) is 28.3. The van der Waals surface area contributed by atoms with Crippen LogP contribution in [-0.2, 0) is 0 Å². The van der Waals surface area contributed by atoms with E-state index in [0.29, 0.717) is 0 Å². The maximum Gasteiger partial charge on any atom is 0.160 e. The van der Waals surface area contributed by atoms with E-state index in [9.17, 15) is 0 Å². The zero-order valence-corrected chi connectivity index (χ0v) is 31.9. The molecule has 1 unspecified atom stereocenters. The number of nitrogens with zero attached hydrogens (tertiary/aromatic N) is 2. The van der Waals surface area contributed by atoms with E-state index in [4.69, 9.17) is 9.41 Å². The fraction of sp³-hybridized carbons (Fsp3) is 0.0577. The van der Waals surface area contributed by atoms with Crippen LogP contribution in [0, 0.1) is 0 Å². The topological polar surface area (TPSA) is 40.8 Å². The molecule has 0 radical (unpaired) electrons. The van der Waals surface area contributed by atoms with E-state index < -0.39 is 0 Å². The number of nitrogens with one attached hydrogen (secondary N) is 1. The van der Waals surface area contributed by atoms with Crippen molar-refractivity contribution in [1.29, 1.82) is 0 Å². The van der Waals surface area contributed by atoms with Crippen LogP contribution in [0.5, 0.6) is 0 Å². The first-order valence-corrected chi connectivity index (χ1v) is 20.4. The highest BCUT2D eigenvalue weighted by molar-refractivity contribution is 7.19. The summed E-state index contributed by atoms with van der Waals surface area (Å²) in [5.74, 6) is 0.882. The van der Waals surface area contributed by atoms with Gasteiger partial charge in [0.05, 0.1) is 22.3 Å². The molecule has 0 fully saturated rings. The molecule has 5 heteroatoms. The summed E-state index contributed by atoms with van der Waals surface area (Å²) in [6.45, 7) is 0. The summed E-state index contributed by atoms with van der Waals surface area (Å²) >= 11 is 1.82. The van der Waals surface area contributed by atoms with Crippen LogP contribution >= 0.6 is 11.3 Å². The van der Waals surface area contributed by atoms with Crippen molar-refractivity contribution in [1.82, 2.24) is 5.32 Å². The van der Waals surface area contributed by atoms with Crippen LogP contribution in [-0.4, -0.2) is 5.84 Å². The van der Waals surface area contributed by atoms with Crippen LogP contribution in [0.3, 0.4) is 0 Å². The predicted octanol–water partition coefficient (Wildman–Crippen LogP) is 12.6. The Balaban J connectivity index is 1.02. The highest BCUT2D eigenvalue weighted by Gasteiger charge is 2.28. The number of hydrogen-bond donors (Lipinski definition) is 1. The Kier molecular flexibility index (Phi) is 8.18. The fourth-order valence-corrected chi connectivity index (χ4v) is 9.65. The molecule has 11 rings (SSSR count). The number of benzene rings is 7. The predicted molar refractivity (Wildman–Crippen MR) is 239 cm³/mol. The largest absolute Gasteiger partial charge is 0.454 e. The molecule has 0 bridgehead atoms. The van der Waals surface area contributed by atoms with Crippen molar-refractivity contribution in [2.45, 2.75) is 18.9 Å². The number of hydrogen-bond acceptors (Lipinski definition) is 5. The maximum atomic E-state index is 6.88. The van der Waals surface area contributed by atoms with Gasteiger partial charge in [-0.1, -0.05) is 146 Å². The highest BCUT2D eigenvalue weighted by atomic mass is 32.1. The average molecular weight is 752 g/mol. The number of fused-ring (bicyclic) bond motifs is 6. The maximum absolute atomic E-state index is 6.88. The standard InChI is InChI=1S/C52H37N3OS/c1-4-14-34(15-5-1)35-28-30-40(31-29-35)55(39-18-8-3-9-19-39)44-33-32-41(47-42-20-10-12-22-45(42)56-50(44)47)36-24-26-38(27-25-36)52-53-48(37-16-6-2-7-17-37)51-49(54-52)43-21-11-13-23-46(43)57-51/h1-9,11,13-33,48H,10,12H2,(H,53,54). The summed E-state index contributed by atoms with van der Waals surface area (Å²) in [6.07, 6.45) is 6.54. The van der Waals surface area contributed by atoms with E-state index in [1.807, 2.05) is 11.3 Å². The molecule has 0 spiro atoms. The lowest BCUT2D eigenvalue weighted by Crippen LogP contribution is -2.32. The van der Waals surface area contributed by atoms with Gasteiger partial charge in [-0.3, -0.25) is 0 Å². The van der Waals surface area contributed by atoms with Gasteiger partial charge in [0.15, 0.2) is 5.58 Å². The van der Waals surface area contributed by atoms with Gasteiger partial charge >= 0.3 is 0 Å². The smallest absolute Gasteiger partial charge is 0.160 e. The van der Waals surface area contributed by atoms with Crippen molar-refractivity contribution < 1.29 is 4.42 Å². The molecular formula is C52H37N3OS. The van der Waals surface area contributed by atoms with E-state index in [1.54, 1.807) is 0 Å². The van der Waals surface area contributed by atoms with E-state index in [2.05, 4.69) is 198 Å². The van der Waals surface area contributed by atoms with Crippen molar-refractivity contribution in [3.63, 3.8) is 0 Å². The van der Waals surface area contributed by atoms with Gasteiger partial charge in [0.1, 0.15) is 11.3 Å². The van der Waals surface area contributed by atoms with Gasteiger partial charge in [-0.25, -0.2) is 4.99 Å². The molecule has 3 heterocycles. The minimum atomic E-state index is 0.0179. The van der Waals surface area contributed by atoms with Crippen molar-refractivity contribution in [3.05, 3.63) is 203 Å². The monoisotopic (exact) mass is 751 g/mol. The fourth-order valence-electron chi connectivity index (χ4n) is 8.43. The number of rotatable bonds is 7. The third kappa shape index (κ3) is 5.87. The lowest BCUT2D eigenvalue weighted by molar-refractivity contribution is 0.572. The molecular weight excluding hydrogens is 715 g/mol. The third-order valence-corrected chi connectivity index (χ3v) is 12.4. The Morgan fingerprint density at radius 2 is 1.21 bits per heavy atom. The first-order valence-electron chi connectivity index (χ1n) is 19.6. The molecule has 0 amide bonds. The zero-order chi connectivity index (χ0) is 37.7. The number of anilines is 3. The molecule has 2 aliphatic rings. The Bertz CT molecular complexity index is 3080. The molecule has 7 aromatic carbocycles. The van der Waals surface area contributed by atoms with Gasteiger partial charge < -0.3 is 14.6 Å². The average Bonchev–Trinajstić information content (AvgIpc) is 3.87. The lowest BCUT2D eigenvalue weighted by atomic mass is 9.96. The number of aliphatic imine (C=N–C) groups is 1. The van der Waals surface area contributed by atoms with E-state index >= 15 is 0 Å². The minimum Gasteiger partial charge on any atom is -0.454 e. The van der Waals surface area contributed by atoms with E-state index in [0.717, 1.165) is 74.5 Å². The quantitative estimate of drug-likeness (QED) is 0.176. The molecule has 9 aromatic rings. The van der Waals surface area contributed by atoms with Gasteiger partial charge in [-0.15, -0.1) is 11.3 Å². The van der Waals surface area contributed by atoms with Crippen molar-refractivity contribution in [3.8, 4) is 22.3 Å². The molecule has 1 atom stereocenters.